The summed E-state index contributed by atoms with van der Waals surface area (Å²) in [5.41, 5.74) is 5.89. The van der Waals surface area contributed by atoms with Gasteiger partial charge in [-0.1, -0.05) is 81.4 Å². The molecular weight excluding hydrogens is 565 g/mol. The molecule has 230 valence electrons. The minimum Gasteiger partial charge on any atom is -0.349 e. The van der Waals surface area contributed by atoms with Gasteiger partial charge in [0.2, 0.25) is 0 Å². The zero-order chi connectivity index (χ0) is 31.1. The van der Waals surface area contributed by atoms with Gasteiger partial charge in [-0.15, -0.1) is 11.3 Å². The van der Waals surface area contributed by atoms with E-state index < -0.39 is 0 Å². The number of hydrogen-bond donors (Lipinski definition) is 2. The maximum absolute atomic E-state index is 13.6. The molecule has 1 aromatic heterocycles. The van der Waals surface area contributed by atoms with Crippen LogP contribution in [0, 0.1) is 6.92 Å². The molecule has 0 spiro atoms. The number of likely N-dealkylation sites (tertiary alicyclic amines) is 1. The molecular formula is C37H44N4O2S. The Kier molecular flexibility index (Phi) is 10.3. The van der Waals surface area contributed by atoms with Crippen molar-refractivity contribution in [1.82, 2.24) is 20.5 Å². The van der Waals surface area contributed by atoms with Gasteiger partial charge in [0.05, 0.1) is 6.04 Å². The molecule has 1 aliphatic rings. The maximum atomic E-state index is 13.6. The molecule has 0 aliphatic carbocycles. The fraction of sp³-hybridized carbons (Fsp3) is 0.378. The average molecular weight is 609 g/mol. The van der Waals surface area contributed by atoms with Crippen LogP contribution in [0.1, 0.15) is 94.2 Å². The van der Waals surface area contributed by atoms with Crippen molar-refractivity contribution in [2.45, 2.75) is 77.4 Å². The van der Waals surface area contributed by atoms with E-state index in [1.807, 2.05) is 41.5 Å². The summed E-state index contributed by atoms with van der Waals surface area (Å²) in [5.74, 6) is -0.206. The van der Waals surface area contributed by atoms with E-state index in [-0.39, 0.29) is 29.3 Å². The highest BCUT2D eigenvalue weighted by atomic mass is 32.1. The van der Waals surface area contributed by atoms with Gasteiger partial charge < -0.3 is 15.5 Å². The highest BCUT2D eigenvalue weighted by Crippen LogP contribution is 2.35. The predicted octanol–water partition coefficient (Wildman–Crippen LogP) is 7.25. The molecule has 44 heavy (non-hydrogen) atoms. The summed E-state index contributed by atoms with van der Waals surface area (Å²) in [7, 11) is 0. The summed E-state index contributed by atoms with van der Waals surface area (Å²) in [6.45, 7) is 10.9. The van der Waals surface area contributed by atoms with E-state index in [0.717, 1.165) is 49.5 Å². The number of amides is 2. The molecule has 2 N–H and O–H groups in total. The topological polar surface area (TPSA) is 74.3 Å². The van der Waals surface area contributed by atoms with Crippen LogP contribution in [0.15, 0.2) is 84.2 Å². The Hall–Kier alpha value is -3.81. The van der Waals surface area contributed by atoms with Gasteiger partial charge in [0.15, 0.2) is 0 Å². The summed E-state index contributed by atoms with van der Waals surface area (Å²) in [6.07, 6.45) is 3.37. The maximum Gasteiger partial charge on any atom is 0.254 e. The first kappa shape index (κ1) is 31.6. The molecule has 2 amide bonds. The Labute approximate surface area is 265 Å². The third-order valence-electron chi connectivity index (χ3n) is 8.26. The number of nitrogens with zero attached hydrogens (tertiary/aromatic N) is 2. The largest absolute Gasteiger partial charge is 0.349 e. The number of thiazole rings is 1. The van der Waals surface area contributed by atoms with Gasteiger partial charge >= 0.3 is 0 Å². The average Bonchev–Trinajstić information content (AvgIpc) is 3.68. The first-order valence-electron chi connectivity index (χ1n) is 15.7. The van der Waals surface area contributed by atoms with Crippen LogP contribution in [0.2, 0.25) is 0 Å². The van der Waals surface area contributed by atoms with Crippen molar-refractivity contribution in [1.29, 1.82) is 0 Å². The van der Waals surface area contributed by atoms with E-state index in [0.29, 0.717) is 17.7 Å². The van der Waals surface area contributed by atoms with E-state index in [1.54, 1.807) is 29.5 Å². The van der Waals surface area contributed by atoms with Crippen molar-refractivity contribution in [3.05, 3.63) is 123 Å². The van der Waals surface area contributed by atoms with E-state index in [9.17, 15) is 9.59 Å². The van der Waals surface area contributed by atoms with Crippen molar-refractivity contribution in [3.8, 4) is 0 Å². The van der Waals surface area contributed by atoms with Gasteiger partial charge in [0.1, 0.15) is 5.01 Å². The number of hydrogen-bond acceptors (Lipinski definition) is 5. The van der Waals surface area contributed by atoms with Crippen LogP contribution in [0.3, 0.4) is 0 Å². The molecule has 0 saturated carbocycles. The fourth-order valence-electron chi connectivity index (χ4n) is 5.80. The molecule has 1 saturated heterocycles. The second-order valence-electron chi connectivity index (χ2n) is 12.8. The first-order valence-corrected chi connectivity index (χ1v) is 16.5. The standard InChI is InChI=1S/C37H44N4O2S/c1-26-25-44-35(39-26)33-17-10-20-41(33)36(43)30-15-9-14-29(23-30)34(42)40-32(22-27-11-6-5-7-12-27)18-19-38-24-28-13-8-16-31(21-28)37(2,3)4/h5-9,11-16,21,23,25,32-33,38H,10,17-20,22,24H2,1-4H3,(H,40,42)/t32-,33?/m1/s1. The van der Waals surface area contributed by atoms with Crippen molar-refractivity contribution in [2.75, 3.05) is 13.1 Å². The molecule has 3 aromatic carbocycles. The monoisotopic (exact) mass is 608 g/mol. The summed E-state index contributed by atoms with van der Waals surface area (Å²) in [4.78, 5) is 33.7. The Bertz CT molecular complexity index is 1560. The molecule has 1 unspecified atom stereocenters. The highest BCUT2D eigenvalue weighted by molar-refractivity contribution is 7.09. The summed E-state index contributed by atoms with van der Waals surface area (Å²) in [6, 6.07) is 26.1. The van der Waals surface area contributed by atoms with Gasteiger partial charge in [-0.3, -0.25) is 9.59 Å². The van der Waals surface area contributed by atoms with Gasteiger partial charge in [0, 0.05) is 41.3 Å². The minimum atomic E-state index is -0.160. The molecule has 2 heterocycles. The number of aryl methyl sites for hydroxylation is 1. The molecule has 0 bridgehead atoms. The van der Waals surface area contributed by atoms with Crippen molar-refractivity contribution in [2.24, 2.45) is 0 Å². The fourth-order valence-corrected chi connectivity index (χ4v) is 6.74. The van der Waals surface area contributed by atoms with E-state index in [2.05, 4.69) is 72.8 Å². The van der Waals surface area contributed by atoms with Crippen molar-refractivity contribution >= 4 is 23.2 Å². The summed E-state index contributed by atoms with van der Waals surface area (Å²) < 4.78 is 0. The second kappa shape index (κ2) is 14.3. The number of carbonyl (C=O) groups is 2. The number of nitrogens with one attached hydrogen (secondary N) is 2. The number of carbonyl (C=O) groups excluding carboxylic acids is 2. The molecule has 7 heteroatoms. The molecule has 6 nitrogen and oxygen atoms in total. The van der Waals surface area contributed by atoms with Crippen LogP contribution in [-0.2, 0) is 18.4 Å². The third-order valence-corrected chi connectivity index (χ3v) is 9.32. The number of rotatable bonds is 11. The minimum absolute atomic E-state index is 0.00243. The Morgan fingerprint density at radius 1 is 0.977 bits per heavy atom. The highest BCUT2D eigenvalue weighted by Gasteiger charge is 2.32. The van der Waals surface area contributed by atoms with Crippen molar-refractivity contribution in [3.63, 3.8) is 0 Å². The molecule has 1 fully saturated rings. The zero-order valence-corrected chi connectivity index (χ0v) is 27.1. The lowest BCUT2D eigenvalue weighted by molar-refractivity contribution is 0.0735. The quantitative estimate of drug-likeness (QED) is 0.176. The second-order valence-corrected chi connectivity index (χ2v) is 13.7. The SMILES string of the molecule is Cc1csc(C2CCCN2C(=O)c2cccc(C(=O)N[C@H](CCNCc3cccc(C(C)(C)C)c3)Cc3ccccc3)c2)n1. The zero-order valence-electron chi connectivity index (χ0n) is 26.3. The van der Waals surface area contributed by atoms with E-state index >= 15 is 0 Å². The van der Waals surface area contributed by atoms with Crippen molar-refractivity contribution < 1.29 is 9.59 Å². The lowest BCUT2D eigenvalue weighted by Crippen LogP contribution is -2.38. The lowest BCUT2D eigenvalue weighted by Gasteiger charge is -2.23. The van der Waals surface area contributed by atoms with Crippen LogP contribution < -0.4 is 10.6 Å². The van der Waals surface area contributed by atoms with E-state index in [1.165, 1.54) is 16.7 Å². The van der Waals surface area contributed by atoms with Crippen LogP contribution >= 0.6 is 11.3 Å². The Balaban J connectivity index is 1.23. The predicted molar refractivity (Wildman–Crippen MR) is 179 cm³/mol. The van der Waals surface area contributed by atoms with Crippen LogP contribution in [0.25, 0.3) is 0 Å². The summed E-state index contributed by atoms with van der Waals surface area (Å²) in [5, 5.41) is 9.87. The van der Waals surface area contributed by atoms with Gasteiger partial charge in [-0.2, -0.15) is 0 Å². The number of aromatic nitrogens is 1. The lowest BCUT2D eigenvalue weighted by atomic mass is 9.86. The number of benzene rings is 3. The molecule has 0 radical (unpaired) electrons. The van der Waals surface area contributed by atoms with Gasteiger partial charge in [-0.05, 0) is 79.5 Å². The molecule has 4 aromatic rings. The first-order chi connectivity index (χ1) is 21.2. The smallest absolute Gasteiger partial charge is 0.254 e. The molecule has 1 aliphatic heterocycles. The third kappa shape index (κ3) is 8.21. The van der Waals surface area contributed by atoms with Gasteiger partial charge in [0.25, 0.3) is 11.8 Å². The molecule has 2 atom stereocenters. The van der Waals surface area contributed by atoms with Crippen LogP contribution in [0.5, 0.6) is 0 Å². The molecule has 5 rings (SSSR count). The van der Waals surface area contributed by atoms with Crippen LogP contribution in [-0.4, -0.2) is 40.8 Å². The Morgan fingerprint density at radius 2 is 1.73 bits per heavy atom. The summed E-state index contributed by atoms with van der Waals surface area (Å²) >= 11 is 1.61. The normalized spacial score (nSPS) is 15.7. The van der Waals surface area contributed by atoms with E-state index in [4.69, 9.17) is 0 Å². The van der Waals surface area contributed by atoms with Crippen LogP contribution in [0.4, 0.5) is 0 Å². The Morgan fingerprint density at radius 3 is 2.48 bits per heavy atom. The van der Waals surface area contributed by atoms with Gasteiger partial charge in [-0.25, -0.2) is 4.98 Å².